The van der Waals surface area contributed by atoms with Crippen LogP contribution in [-0.4, -0.2) is 26.3 Å². The van der Waals surface area contributed by atoms with Crippen LogP contribution in [0.25, 0.3) is 0 Å². The van der Waals surface area contributed by atoms with Gasteiger partial charge in [0.25, 0.3) is 0 Å². The minimum absolute atomic E-state index is 0.128. The molecule has 5 heteroatoms. The van der Waals surface area contributed by atoms with Crippen LogP contribution in [0.4, 0.5) is 0 Å². The molecule has 84 valence electrons. The highest BCUT2D eigenvalue weighted by molar-refractivity contribution is 7.89. The van der Waals surface area contributed by atoms with Gasteiger partial charge in [-0.05, 0) is 19.8 Å². The van der Waals surface area contributed by atoms with Gasteiger partial charge in [0.2, 0.25) is 10.0 Å². The van der Waals surface area contributed by atoms with E-state index in [4.69, 9.17) is 5.73 Å². The highest BCUT2D eigenvalue weighted by Gasteiger charge is 2.28. The van der Waals surface area contributed by atoms with Gasteiger partial charge in [-0.3, -0.25) is 0 Å². The number of nitrogens with two attached hydrogens (primary N) is 1. The Bertz CT molecular complexity index is 269. The summed E-state index contributed by atoms with van der Waals surface area (Å²) < 4.78 is 25.0. The molecule has 0 aromatic heterocycles. The lowest BCUT2D eigenvalue weighted by molar-refractivity contribution is 0.296. The number of nitrogens with one attached hydrogen (secondary N) is 1. The van der Waals surface area contributed by atoms with Crippen LogP contribution in [-0.2, 0) is 10.0 Å². The van der Waals surface area contributed by atoms with Crippen LogP contribution in [0.2, 0.25) is 0 Å². The number of hydrogen-bond acceptors (Lipinski definition) is 3. The van der Waals surface area contributed by atoms with Crippen LogP contribution >= 0.6 is 0 Å². The molecule has 0 heterocycles. The maximum atomic E-state index is 11.2. The Labute approximate surface area is 86.3 Å². The summed E-state index contributed by atoms with van der Waals surface area (Å²) in [6.07, 6.45) is 5.31. The lowest BCUT2D eigenvalue weighted by Gasteiger charge is -2.33. The van der Waals surface area contributed by atoms with Crippen molar-refractivity contribution in [3.8, 4) is 0 Å². The molecule has 0 amide bonds. The topological polar surface area (TPSA) is 72.2 Å². The summed E-state index contributed by atoms with van der Waals surface area (Å²) in [6, 6.07) is 0. The molecule has 14 heavy (non-hydrogen) atoms. The summed E-state index contributed by atoms with van der Waals surface area (Å²) >= 11 is 0. The molecule has 3 N–H and O–H groups in total. The molecule has 1 aliphatic rings. The Morgan fingerprint density at radius 2 is 1.86 bits per heavy atom. The number of sulfonamides is 1. The van der Waals surface area contributed by atoms with E-state index in [0.717, 1.165) is 25.7 Å². The Kier molecular flexibility index (Phi) is 3.92. The van der Waals surface area contributed by atoms with E-state index in [1.54, 1.807) is 6.92 Å². The van der Waals surface area contributed by atoms with Gasteiger partial charge in [-0.15, -0.1) is 0 Å². The van der Waals surface area contributed by atoms with Gasteiger partial charge < -0.3 is 5.73 Å². The zero-order valence-electron chi connectivity index (χ0n) is 8.75. The largest absolute Gasteiger partial charge is 0.324 e. The monoisotopic (exact) mass is 220 g/mol. The molecule has 1 aliphatic carbocycles. The fourth-order valence-corrected chi connectivity index (χ4v) is 2.50. The summed E-state index contributed by atoms with van der Waals surface area (Å²) in [5, 5.41) is 0. The van der Waals surface area contributed by atoms with Gasteiger partial charge in [-0.2, -0.15) is 0 Å². The second-order valence-electron chi connectivity index (χ2n) is 4.15. The summed E-state index contributed by atoms with van der Waals surface area (Å²) in [7, 11) is -3.09. The third-order valence-electron chi connectivity index (χ3n) is 2.87. The Morgan fingerprint density at radius 3 is 2.36 bits per heavy atom. The fourth-order valence-electron chi connectivity index (χ4n) is 1.79. The van der Waals surface area contributed by atoms with Gasteiger partial charge in [0.15, 0.2) is 0 Å². The van der Waals surface area contributed by atoms with Crippen molar-refractivity contribution in [1.29, 1.82) is 0 Å². The zero-order chi connectivity index (χ0) is 10.7. The smallest absolute Gasteiger partial charge is 0.211 e. The lowest BCUT2D eigenvalue weighted by atomic mass is 9.83. The molecule has 0 aliphatic heterocycles. The van der Waals surface area contributed by atoms with Crippen LogP contribution in [0, 0.1) is 0 Å². The second-order valence-corrected chi connectivity index (χ2v) is 6.24. The van der Waals surface area contributed by atoms with Gasteiger partial charge >= 0.3 is 0 Å². The lowest BCUT2D eigenvalue weighted by Crippen LogP contribution is -2.51. The highest BCUT2D eigenvalue weighted by atomic mass is 32.2. The van der Waals surface area contributed by atoms with Gasteiger partial charge in [0.1, 0.15) is 0 Å². The molecule has 1 fully saturated rings. The maximum absolute atomic E-state index is 11.2. The fraction of sp³-hybridized carbons (Fsp3) is 1.00. The van der Waals surface area contributed by atoms with Crippen LogP contribution in [0.3, 0.4) is 0 Å². The first-order valence-electron chi connectivity index (χ1n) is 5.24. The molecule has 0 radical (unpaired) electrons. The van der Waals surface area contributed by atoms with Gasteiger partial charge in [-0.1, -0.05) is 19.3 Å². The average molecular weight is 220 g/mol. The number of rotatable bonds is 4. The molecule has 0 aromatic rings. The SMILES string of the molecule is CCS(=O)(=O)NCC1(N)CCCCC1. The number of hydrogen-bond donors (Lipinski definition) is 2. The van der Waals surface area contributed by atoms with Crippen molar-refractivity contribution in [3.05, 3.63) is 0 Å². The van der Waals surface area contributed by atoms with E-state index in [0.29, 0.717) is 6.54 Å². The summed E-state index contributed by atoms with van der Waals surface area (Å²) in [4.78, 5) is 0. The van der Waals surface area contributed by atoms with Crippen molar-refractivity contribution in [2.75, 3.05) is 12.3 Å². The molecule has 0 unspecified atom stereocenters. The van der Waals surface area contributed by atoms with E-state index in [-0.39, 0.29) is 11.3 Å². The van der Waals surface area contributed by atoms with Gasteiger partial charge in [0.05, 0.1) is 5.75 Å². The molecular weight excluding hydrogens is 200 g/mol. The van der Waals surface area contributed by atoms with Crippen LogP contribution < -0.4 is 10.5 Å². The Hall–Kier alpha value is -0.130. The third kappa shape index (κ3) is 3.55. The molecule has 0 atom stereocenters. The highest BCUT2D eigenvalue weighted by Crippen LogP contribution is 2.25. The van der Waals surface area contributed by atoms with E-state index < -0.39 is 10.0 Å². The minimum atomic E-state index is -3.09. The summed E-state index contributed by atoms with van der Waals surface area (Å²) in [5.74, 6) is 0.128. The average Bonchev–Trinajstić information content (AvgIpc) is 2.17. The molecule has 1 rings (SSSR count). The van der Waals surface area contributed by atoms with Crippen molar-refractivity contribution < 1.29 is 8.42 Å². The normalized spacial score (nSPS) is 22.1. The zero-order valence-corrected chi connectivity index (χ0v) is 9.57. The molecule has 4 nitrogen and oxygen atoms in total. The van der Waals surface area contributed by atoms with Gasteiger partial charge in [-0.25, -0.2) is 13.1 Å². The molecule has 0 bridgehead atoms. The first kappa shape index (κ1) is 11.9. The van der Waals surface area contributed by atoms with Crippen molar-refractivity contribution >= 4 is 10.0 Å². The quantitative estimate of drug-likeness (QED) is 0.728. The van der Waals surface area contributed by atoms with Gasteiger partial charge in [0, 0.05) is 12.1 Å². The minimum Gasteiger partial charge on any atom is -0.324 e. The molecule has 1 saturated carbocycles. The van der Waals surface area contributed by atoms with E-state index in [2.05, 4.69) is 4.72 Å². The predicted molar refractivity (Wildman–Crippen MR) is 57.5 cm³/mol. The maximum Gasteiger partial charge on any atom is 0.211 e. The standard InChI is InChI=1S/C9H20N2O2S/c1-2-14(12,13)11-8-9(10)6-4-3-5-7-9/h11H,2-8,10H2,1H3. The summed E-state index contributed by atoms with van der Waals surface area (Å²) in [5.41, 5.74) is 5.79. The van der Waals surface area contributed by atoms with Crippen molar-refractivity contribution in [2.24, 2.45) is 5.73 Å². The van der Waals surface area contributed by atoms with Crippen molar-refractivity contribution in [3.63, 3.8) is 0 Å². The van der Waals surface area contributed by atoms with Crippen molar-refractivity contribution in [2.45, 2.75) is 44.6 Å². The molecule has 0 spiro atoms. The first-order valence-corrected chi connectivity index (χ1v) is 6.89. The second kappa shape index (κ2) is 4.59. The summed E-state index contributed by atoms with van der Waals surface area (Å²) in [6.45, 7) is 2.02. The Morgan fingerprint density at radius 1 is 1.29 bits per heavy atom. The third-order valence-corrected chi connectivity index (χ3v) is 4.22. The van der Waals surface area contributed by atoms with Crippen LogP contribution in [0.1, 0.15) is 39.0 Å². The van der Waals surface area contributed by atoms with E-state index in [1.807, 2.05) is 0 Å². The van der Waals surface area contributed by atoms with E-state index in [9.17, 15) is 8.42 Å². The molecule has 0 saturated heterocycles. The molecular formula is C9H20N2O2S. The Balaban J connectivity index is 2.43. The van der Waals surface area contributed by atoms with Crippen LogP contribution in [0.15, 0.2) is 0 Å². The van der Waals surface area contributed by atoms with E-state index in [1.165, 1.54) is 6.42 Å². The first-order chi connectivity index (χ1) is 6.47. The predicted octanol–water partition coefficient (Wildman–Crippen LogP) is 0.587. The van der Waals surface area contributed by atoms with E-state index >= 15 is 0 Å². The van der Waals surface area contributed by atoms with Crippen LogP contribution in [0.5, 0.6) is 0 Å². The van der Waals surface area contributed by atoms with Crippen molar-refractivity contribution in [1.82, 2.24) is 4.72 Å². The molecule has 0 aromatic carbocycles.